The highest BCUT2D eigenvalue weighted by Gasteiger charge is 2.34. The van der Waals surface area contributed by atoms with Crippen molar-refractivity contribution in [2.75, 3.05) is 0 Å². The number of unbranched alkanes of at least 4 members (excludes halogenated alkanes) is 11. The molecule has 0 N–H and O–H groups in total. The summed E-state index contributed by atoms with van der Waals surface area (Å²) < 4.78 is 12.8. The van der Waals surface area contributed by atoms with E-state index in [1.807, 2.05) is 0 Å². The van der Waals surface area contributed by atoms with E-state index >= 15 is 0 Å². The fraction of sp³-hybridized carbons (Fsp3) is 1.00. The van der Waals surface area contributed by atoms with Crippen LogP contribution in [-0.2, 0) is 8.85 Å². The molecule has 0 radical (unpaired) electrons. The molecule has 0 rings (SSSR count). The van der Waals surface area contributed by atoms with Gasteiger partial charge in [0.2, 0.25) is 0 Å². The molecular weight excluding hydrogens is 336 g/mol. The van der Waals surface area contributed by atoms with E-state index in [0.717, 1.165) is 18.9 Å². The Labute approximate surface area is 167 Å². The molecule has 0 saturated carbocycles. The first-order valence-corrected chi connectivity index (χ1v) is 14.3. The first-order chi connectivity index (χ1) is 12.5. The Morgan fingerprint density at radius 2 is 0.923 bits per heavy atom. The summed E-state index contributed by atoms with van der Waals surface area (Å²) in [4.78, 5) is 0. The first-order valence-electron chi connectivity index (χ1n) is 11.8. The minimum Gasteiger partial charge on any atom is -0.392 e. The highest BCUT2D eigenvalue weighted by atomic mass is 28.4. The van der Waals surface area contributed by atoms with Gasteiger partial charge in [-0.15, -0.1) is 0 Å². The molecule has 26 heavy (non-hydrogen) atoms. The summed E-state index contributed by atoms with van der Waals surface area (Å²) >= 11 is 0. The monoisotopic (exact) mass is 386 g/mol. The van der Waals surface area contributed by atoms with Crippen LogP contribution in [0, 0.1) is 0 Å². The zero-order valence-electron chi connectivity index (χ0n) is 19.1. The lowest BCUT2D eigenvalue weighted by molar-refractivity contribution is 0.0907. The maximum atomic E-state index is 6.38. The van der Waals surface area contributed by atoms with E-state index in [9.17, 15) is 0 Å². The summed E-state index contributed by atoms with van der Waals surface area (Å²) in [7, 11) is -2.01. The second kappa shape index (κ2) is 17.2. The summed E-state index contributed by atoms with van der Waals surface area (Å²) in [6.07, 6.45) is 19.6. The van der Waals surface area contributed by atoms with Crippen LogP contribution in [0.1, 0.15) is 125 Å². The third-order valence-electron chi connectivity index (χ3n) is 5.54. The van der Waals surface area contributed by atoms with E-state index < -0.39 is 8.56 Å². The zero-order chi connectivity index (χ0) is 19.7. The Morgan fingerprint density at radius 3 is 1.27 bits per heavy atom. The van der Waals surface area contributed by atoms with Crippen LogP contribution >= 0.6 is 0 Å². The van der Waals surface area contributed by atoms with Crippen LogP contribution in [0.2, 0.25) is 12.6 Å². The van der Waals surface area contributed by atoms with Crippen molar-refractivity contribution in [2.45, 2.75) is 149 Å². The molecule has 0 heterocycles. The van der Waals surface area contributed by atoms with E-state index in [0.29, 0.717) is 12.2 Å². The Hall–Kier alpha value is 0.137. The van der Waals surface area contributed by atoms with Crippen molar-refractivity contribution in [1.29, 1.82) is 0 Å². The standard InChI is InChI=1S/C23H50O2Si/c1-7-10-11-12-13-14-15-16-17-18-19-20-21-26(6,24-22(4)8-2)25-23(5)9-3/h22-23H,7-21H2,1-6H3. The maximum Gasteiger partial charge on any atom is 0.335 e. The lowest BCUT2D eigenvalue weighted by atomic mass is 10.1. The van der Waals surface area contributed by atoms with Crippen molar-refractivity contribution in [2.24, 2.45) is 0 Å². The molecule has 0 aliphatic heterocycles. The van der Waals surface area contributed by atoms with E-state index in [1.165, 1.54) is 77.0 Å². The molecule has 2 unspecified atom stereocenters. The van der Waals surface area contributed by atoms with Gasteiger partial charge in [0.15, 0.2) is 0 Å². The predicted molar refractivity (Wildman–Crippen MR) is 119 cm³/mol. The molecule has 2 nitrogen and oxygen atoms in total. The fourth-order valence-corrected chi connectivity index (χ4v) is 6.67. The minimum atomic E-state index is -2.01. The third kappa shape index (κ3) is 15.2. The topological polar surface area (TPSA) is 18.5 Å². The molecule has 2 atom stereocenters. The van der Waals surface area contributed by atoms with Crippen LogP contribution in [0.25, 0.3) is 0 Å². The Balaban J connectivity index is 3.78. The lowest BCUT2D eigenvalue weighted by Gasteiger charge is -2.32. The minimum absolute atomic E-state index is 0.327. The van der Waals surface area contributed by atoms with Crippen molar-refractivity contribution in [1.82, 2.24) is 0 Å². The van der Waals surface area contributed by atoms with Crippen molar-refractivity contribution in [3.05, 3.63) is 0 Å². The van der Waals surface area contributed by atoms with Gasteiger partial charge in [0.25, 0.3) is 0 Å². The van der Waals surface area contributed by atoms with E-state index in [1.54, 1.807) is 0 Å². The SMILES string of the molecule is CCCCCCCCCCCCCC[Si](C)(OC(C)CC)OC(C)CC. The highest BCUT2D eigenvalue weighted by molar-refractivity contribution is 6.66. The largest absolute Gasteiger partial charge is 0.392 e. The van der Waals surface area contributed by atoms with Crippen molar-refractivity contribution >= 4 is 8.56 Å². The predicted octanol–water partition coefficient (Wildman–Crippen LogP) is 8.39. The van der Waals surface area contributed by atoms with Gasteiger partial charge in [-0.05, 0) is 39.3 Å². The third-order valence-corrected chi connectivity index (χ3v) is 8.60. The first kappa shape index (κ1) is 26.1. The fourth-order valence-electron chi connectivity index (χ4n) is 3.45. The Morgan fingerprint density at radius 1 is 0.577 bits per heavy atom. The summed E-state index contributed by atoms with van der Waals surface area (Å²) in [6.45, 7) is 13.3. The van der Waals surface area contributed by atoms with Gasteiger partial charge in [-0.2, -0.15) is 0 Å². The number of rotatable bonds is 19. The molecule has 0 aromatic heterocycles. The quantitative estimate of drug-likeness (QED) is 0.164. The zero-order valence-corrected chi connectivity index (χ0v) is 20.1. The van der Waals surface area contributed by atoms with E-state index in [-0.39, 0.29) is 0 Å². The molecule has 0 bridgehead atoms. The molecule has 0 amide bonds. The molecule has 0 spiro atoms. The molecule has 0 aromatic carbocycles. The molecule has 0 aromatic rings. The summed E-state index contributed by atoms with van der Waals surface area (Å²) in [6, 6.07) is 1.15. The number of hydrogen-bond donors (Lipinski definition) is 0. The van der Waals surface area contributed by atoms with Crippen molar-refractivity contribution in [3.8, 4) is 0 Å². The normalized spacial score (nSPS) is 16.4. The van der Waals surface area contributed by atoms with Crippen molar-refractivity contribution in [3.63, 3.8) is 0 Å². The van der Waals surface area contributed by atoms with Gasteiger partial charge in [-0.3, -0.25) is 0 Å². The van der Waals surface area contributed by atoms with Gasteiger partial charge in [-0.1, -0.05) is 97.8 Å². The number of hydrogen-bond acceptors (Lipinski definition) is 2. The van der Waals surface area contributed by atoms with E-state index in [4.69, 9.17) is 8.85 Å². The van der Waals surface area contributed by atoms with Crippen LogP contribution in [0.3, 0.4) is 0 Å². The van der Waals surface area contributed by atoms with Crippen LogP contribution in [0.15, 0.2) is 0 Å². The molecule has 0 saturated heterocycles. The average Bonchev–Trinajstić information content (AvgIpc) is 2.62. The summed E-state index contributed by atoms with van der Waals surface area (Å²) in [5.41, 5.74) is 0. The molecule has 0 aliphatic rings. The van der Waals surface area contributed by atoms with Crippen LogP contribution in [0.4, 0.5) is 0 Å². The second-order valence-electron chi connectivity index (χ2n) is 8.45. The van der Waals surface area contributed by atoms with Gasteiger partial charge in [0, 0.05) is 12.2 Å². The van der Waals surface area contributed by atoms with Gasteiger partial charge in [0.05, 0.1) is 0 Å². The van der Waals surface area contributed by atoms with Crippen molar-refractivity contribution < 1.29 is 8.85 Å². The lowest BCUT2D eigenvalue weighted by Crippen LogP contribution is -2.43. The van der Waals surface area contributed by atoms with Gasteiger partial charge in [0.1, 0.15) is 0 Å². The van der Waals surface area contributed by atoms with Gasteiger partial charge >= 0.3 is 8.56 Å². The van der Waals surface area contributed by atoms with E-state index in [2.05, 4.69) is 41.2 Å². The highest BCUT2D eigenvalue weighted by Crippen LogP contribution is 2.24. The smallest absolute Gasteiger partial charge is 0.335 e. The Bertz CT molecular complexity index is 284. The summed E-state index contributed by atoms with van der Waals surface area (Å²) in [5, 5.41) is 0. The van der Waals surface area contributed by atoms with Crippen LogP contribution in [0.5, 0.6) is 0 Å². The second-order valence-corrected chi connectivity index (χ2v) is 11.7. The molecule has 158 valence electrons. The van der Waals surface area contributed by atoms with Crippen LogP contribution in [-0.4, -0.2) is 20.8 Å². The molecule has 0 fully saturated rings. The van der Waals surface area contributed by atoms with Gasteiger partial charge < -0.3 is 8.85 Å². The van der Waals surface area contributed by atoms with Gasteiger partial charge in [-0.25, -0.2) is 0 Å². The molecule has 3 heteroatoms. The molecule has 0 aliphatic carbocycles. The molecular formula is C23H50O2Si. The Kier molecular flexibility index (Phi) is 17.3. The summed E-state index contributed by atoms with van der Waals surface area (Å²) in [5.74, 6) is 0. The maximum absolute atomic E-state index is 6.38. The average molecular weight is 387 g/mol. The van der Waals surface area contributed by atoms with Crippen LogP contribution < -0.4 is 0 Å².